The summed E-state index contributed by atoms with van der Waals surface area (Å²) in [5.41, 5.74) is 2.58. The van der Waals surface area contributed by atoms with Crippen molar-refractivity contribution in [3.05, 3.63) is 89.1 Å². The van der Waals surface area contributed by atoms with Crippen LogP contribution in [-0.2, 0) is 0 Å². The maximum atomic E-state index is 12.7. The first-order valence-electron chi connectivity index (χ1n) is 6.52. The van der Waals surface area contributed by atoms with Crippen LogP contribution in [0.15, 0.2) is 77.7 Å². The van der Waals surface area contributed by atoms with E-state index >= 15 is 0 Å². The summed E-state index contributed by atoms with van der Waals surface area (Å²) in [6.07, 6.45) is 1.81. The zero-order chi connectivity index (χ0) is 13.9. The molecule has 0 aliphatic rings. The van der Waals surface area contributed by atoms with Crippen LogP contribution in [0.25, 0.3) is 11.4 Å². The summed E-state index contributed by atoms with van der Waals surface area (Å²) < 4.78 is 3.37. The molecule has 0 bridgehead atoms. The first-order chi connectivity index (χ1) is 9.77. The van der Waals surface area contributed by atoms with Crippen molar-refractivity contribution in [3.63, 3.8) is 0 Å². The molecule has 2 aromatic carbocycles. The molecule has 21 heavy (non-hydrogen) atoms. The van der Waals surface area contributed by atoms with Gasteiger partial charge in [-0.2, -0.15) is 13.9 Å². The van der Waals surface area contributed by atoms with Gasteiger partial charge in [0, 0.05) is 6.07 Å². The molecule has 0 N–H and O–H groups in total. The molecule has 0 saturated carbocycles. The smallest absolute Gasteiger partial charge is 0.508 e. The lowest BCUT2D eigenvalue weighted by Gasteiger charge is -2.05. The van der Waals surface area contributed by atoms with Gasteiger partial charge in [-0.15, -0.1) is 0 Å². The number of halogens is 1. The predicted molar refractivity (Wildman–Crippen MR) is 78.3 cm³/mol. The SMILES string of the molecule is Cc1ccn(-c2ccccc2)c(=O)[n+]1-c1ccccc1.[Cl-]. The van der Waals surface area contributed by atoms with E-state index < -0.39 is 0 Å². The molecule has 4 heteroatoms. The van der Waals surface area contributed by atoms with Gasteiger partial charge in [0.1, 0.15) is 23.3 Å². The molecule has 106 valence electrons. The summed E-state index contributed by atoms with van der Waals surface area (Å²) >= 11 is 0. The zero-order valence-corrected chi connectivity index (χ0v) is 12.4. The summed E-state index contributed by atoms with van der Waals surface area (Å²) in [6, 6.07) is 21.3. The van der Waals surface area contributed by atoms with Crippen molar-refractivity contribution in [1.29, 1.82) is 0 Å². The van der Waals surface area contributed by atoms with Gasteiger partial charge < -0.3 is 12.4 Å². The minimum absolute atomic E-state index is 0. The maximum absolute atomic E-state index is 12.7. The largest absolute Gasteiger partial charge is 1.00 e. The monoisotopic (exact) mass is 298 g/mol. The molecule has 1 aromatic heterocycles. The summed E-state index contributed by atoms with van der Waals surface area (Å²) in [5, 5.41) is 0. The lowest BCUT2D eigenvalue weighted by atomic mass is 10.3. The molecule has 0 saturated heterocycles. The Hall–Kier alpha value is -2.39. The molecule has 0 radical (unpaired) electrons. The Bertz CT molecular complexity index is 783. The fraction of sp³-hybridized carbons (Fsp3) is 0.0588. The van der Waals surface area contributed by atoms with Crippen molar-refractivity contribution in [1.82, 2.24) is 4.57 Å². The van der Waals surface area contributed by atoms with E-state index in [-0.39, 0.29) is 18.1 Å². The number of aromatic nitrogens is 2. The Labute approximate surface area is 129 Å². The van der Waals surface area contributed by atoms with Crippen LogP contribution in [0.1, 0.15) is 5.69 Å². The molecule has 3 aromatic rings. The summed E-state index contributed by atoms with van der Waals surface area (Å²) in [5.74, 6) is 0. The quantitative estimate of drug-likeness (QED) is 0.582. The number of para-hydroxylation sites is 2. The molecule has 0 spiro atoms. The average molecular weight is 299 g/mol. The van der Waals surface area contributed by atoms with Crippen LogP contribution in [0.2, 0.25) is 0 Å². The molecular formula is C17H15ClN2O. The number of hydrogen-bond acceptors (Lipinski definition) is 1. The van der Waals surface area contributed by atoms with Crippen LogP contribution in [-0.4, -0.2) is 4.57 Å². The Balaban J connectivity index is 0.00000161. The van der Waals surface area contributed by atoms with Crippen LogP contribution in [0.3, 0.4) is 0 Å². The van der Waals surface area contributed by atoms with Crippen LogP contribution in [0.4, 0.5) is 0 Å². The van der Waals surface area contributed by atoms with Crippen LogP contribution in [0.5, 0.6) is 0 Å². The molecule has 3 nitrogen and oxygen atoms in total. The molecule has 0 unspecified atom stereocenters. The van der Waals surface area contributed by atoms with E-state index in [0.717, 1.165) is 17.1 Å². The van der Waals surface area contributed by atoms with Crippen molar-refractivity contribution in [2.75, 3.05) is 0 Å². The number of benzene rings is 2. The summed E-state index contributed by atoms with van der Waals surface area (Å²) in [7, 11) is 0. The highest BCUT2D eigenvalue weighted by Crippen LogP contribution is 2.04. The third kappa shape index (κ3) is 2.88. The minimum Gasteiger partial charge on any atom is -1.00 e. The van der Waals surface area contributed by atoms with E-state index in [4.69, 9.17) is 0 Å². The van der Waals surface area contributed by atoms with Crippen molar-refractivity contribution in [2.45, 2.75) is 6.92 Å². The fourth-order valence-electron chi connectivity index (χ4n) is 2.26. The van der Waals surface area contributed by atoms with Gasteiger partial charge in [-0.25, -0.2) is 0 Å². The molecular weight excluding hydrogens is 284 g/mol. The molecule has 0 amide bonds. The van der Waals surface area contributed by atoms with E-state index in [1.807, 2.05) is 79.9 Å². The second-order valence-electron chi connectivity index (χ2n) is 4.62. The van der Waals surface area contributed by atoms with Crippen LogP contribution in [0, 0.1) is 6.92 Å². The maximum Gasteiger partial charge on any atom is 0.508 e. The number of rotatable bonds is 2. The number of hydrogen-bond donors (Lipinski definition) is 0. The third-order valence-corrected chi connectivity index (χ3v) is 3.26. The standard InChI is InChI=1S/C17H15N2O.ClH/c1-14-12-13-18(15-8-4-2-5-9-15)17(20)19(14)16-10-6-3-7-11-16;/h2-13H,1H3;1H/q+1;/p-1. The average Bonchev–Trinajstić information content (AvgIpc) is 2.49. The van der Waals surface area contributed by atoms with Gasteiger partial charge in [0.2, 0.25) is 0 Å². The Morgan fingerprint density at radius 1 is 0.857 bits per heavy atom. The van der Waals surface area contributed by atoms with Gasteiger partial charge in [0.25, 0.3) is 0 Å². The van der Waals surface area contributed by atoms with Gasteiger partial charge in [0.05, 0.1) is 0 Å². The van der Waals surface area contributed by atoms with Crippen LogP contribution >= 0.6 is 0 Å². The second-order valence-corrected chi connectivity index (χ2v) is 4.62. The van der Waals surface area contributed by atoms with Crippen molar-refractivity contribution in [3.8, 4) is 11.4 Å². The highest BCUT2D eigenvalue weighted by molar-refractivity contribution is 5.31. The molecule has 0 fully saturated rings. The molecule has 1 heterocycles. The van der Waals surface area contributed by atoms with Gasteiger partial charge in [-0.05, 0) is 31.2 Å². The first-order valence-corrected chi connectivity index (χ1v) is 6.52. The summed E-state index contributed by atoms with van der Waals surface area (Å²) in [4.78, 5) is 12.7. The molecule has 0 aliphatic carbocycles. The Morgan fingerprint density at radius 3 is 2.05 bits per heavy atom. The Morgan fingerprint density at radius 2 is 1.43 bits per heavy atom. The van der Waals surface area contributed by atoms with E-state index in [1.165, 1.54) is 0 Å². The highest BCUT2D eigenvalue weighted by Gasteiger charge is 2.16. The number of nitrogens with zero attached hydrogens (tertiary/aromatic N) is 2. The van der Waals surface area contributed by atoms with E-state index in [2.05, 4.69) is 0 Å². The second kappa shape index (κ2) is 6.37. The molecule has 3 rings (SSSR count). The molecule has 0 atom stereocenters. The van der Waals surface area contributed by atoms with E-state index in [1.54, 1.807) is 9.13 Å². The van der Waals surface area contributed by atoms with Crippen molar-refractivity contribution < 1.29 is 17.0 Å². The zero-order valence-electron chi connectivity index (χ0n) is 11.6. The van der Waals surface area contributed by atoms with Gasteiger partial charge in [0.15, 0.2) is 0 Å². The fourth-order valence-corrected chi connectivity index (χ4v) is 2.26. The normalized spacial score (nSPS) is 9.95. The van der Waals surface area contributed by atoms with E-state index in [0.29, 0.717) is 0 Å². The number of aryl methyl sites for hydroxylation is 1. The predicted octanol–water partition coefficient (Wildman–Crippen LogP) is -0.573. The minimum atomic E-state index is -0.0672. The lowest BCUT2D eigenvalue weighted by Crippen LogP contribution is -3.00. The van der Waals surface area contributed by atoms with Crippen molar-refractivity contribution >= 4 is 0 Å². The molecule has 0 aliphatic heterocycles. The first kappa shape index (κ1) is 15.0. The Kier molecular flexibility index (Phi) is 4.55. The van der Waals surface area contributed by atoms with Gasteiger partial charge in [-0.1, -0.05) is 36.4 Å². The van der Waals surface area contributed by atoms with E-state index in [9.17, 15) is 4.79 Å². The highest BCUT2D eigenvalue weighted by atomic mass is 35.5. The summed E-state index contributed by atoms with van der Waals surface area (Å²) in [6.45, 7) is 1.93. The van der Waals surface area contributed by atoms with Crippen molar-refractivity contribution in [2.24, 2.45) is 0 Å². The topological polar surface area (TPSA) is 25.9 Å². The van der Waals surface area contributed by atoms with Gasteiger partial charge >= 0.3 is 5.69 Å². The van der Waals surface area contributed by atoms with Crippen LogP contribution < -0.4 is 22.7 Å². The lowest BCUT2D eigenvalue weighted by molar-refractivity contribution is -0.623. The van der Waals surface area contributed by atoms with Gasteiger partial charge in [-0.3, -0.25) is 0 Å². The third-order valence-electron chi connectivity index (χ3n) is 3.26.